The van der Waals surface area contributed by atoms with Gasteiger partial charge in [-0.1, -0.05) is 12.1 Å². The molecule has 0 spiro atoms. The maximum atomic E-state index is 13.6. The Kier molecular flexibility index (Phi) is 15.6. The number of fused-ring (bicyclic) bond motifs is 2. The first-order chi connectivity index (χ1) is 23.3. The molecule has 5 rings (SSSR count). The van der Waals surface area contributed by atoms with Crippen molar-refractivity contribution < 1.29 is 181 Å². The molecule has 2 aliphatic heterocycles. The van der Waals surface area contributed by atoms with Crippen molar-refractivity contribution in [3.8, 4) is 40.2 Å². The standard InChI is InChI=1S/C33H30O16.2K/c1-44-21-10-15(2-4-18(21)35)31-24(14-45-27(41)8-6-25(37)38)46-20-5-3-16(11-22(20)47-31)32-33(49-28(42)9-7-26(39)40)30(43)29-19(36)12-17(34)13-23(29)48-32;;/h2-5,10-13,24,31-36H,6-9,14H2,1H3,(H,37,38)(H,39,40);;/q;2*+1/p-2/t24-,31-,32?,33+;;/m1../s1. The van der Waals surface area contributed by atoms with E-state index in [-0.39, 0.29) is 149 Å². The van der Waals surface area contributed by atoms with Gasteiger partial charge in [-0.15, -0.1) is 0 Å². The second-order valence-electron chi connectivity index (χ2n) is 10.9. The smallest absolute Gasteiger partial charge is 0.550 e. The molecule has 0 bridgehead atoms. The molecule has 18 heteroatoms. The average Bonchev–Trinajstić information content (AvgIpc) is 3.05. The van der Waals surface area contributed by atoms with Crippen LogP contribution in [-0.2, 0) is 28.7 Å². The second-order valence-corrected chi connectivity index (χ2v) is 10.9. The fourth-order valence-electron chi connectivity index (χ4n) is 5.22. The summed E-state index contributed by atoms with van der Waals surface area (Å²) in [4.78, 5) is 60.0. The molecule has 51 heavy (non-hydrogen) atoms. The summed E-state index contributed by atoms with van der Waals surface area (Å²) in [6.07, 6.45) is -7.41. The molecular formula is C33H28K2O16. The molecule has 4 atom stereocenters. The molecule has 1 unspecified atom stereocenters. The summed E-state index contributed by atoms with van der Waals surface area (Å²) >= 11 is 0. The Labute approximate surface area is 374 Å². The number of carboxylic acids is 2. The quantitative estimate of drug-likeness (QED) is 0.115. The molecule has 2 heterocycles. The number of phenols is 3. The zero-order valence-electron chi connectivity index (χ0n) is 27.6. The SMILES string of the molecule is COc1cc([C@H]2Oc3cc(C4Oc5cc(O)cc(O)c5C(=O)[C@@H]4OC(=O)CCC(=O)[O-])ccc3O[C@@H]2COC(=O)CCC(=O)[O-])ccc1O.[K+].[K+]. The van der Waals surface area contributed by atoms with Crippen LogP contribution in [0.5, 0.6) is 40.2 Å². The number of ketones is 1. The van der Waals surface area contributed by atoms with Crippen molar-refractivity contribution in [2.24, 2.45) is 0 Å². The molecule has 0 fully saturated rings. The monoisotopic (exact) mass is 758 g/mol. The minimum Gasteiger partial charge on any atom is -0.550 e. The Balaban J connectivity index is 0.00000351. The van der Waals surface area contributed by atoms with Gasteiger partial charge in [0.25, 0.3) is 0 Å². The number of benzene rings is 3. The van der Waals surface area contributed by atoms with E-state index in [4.69, 9.17) is 28.4 Å². The molecule has 0 amide bonds. The largest absolute Gasteiger partial charge is 1.00 e. The van der Waals surface area contributed by atoms with Gasteiger partial charge < -0.3 is 63.5 Å². The zero-order valence-corrected chi connectivity index (χ0v) is 33.9. The van der Waals surface area contributed by atoms with E-state index in [1.54, 1.807) is 0 Å². The summed E-state index contributed by atoms with van der Waals surface area (Å²) in [5, 5.41) is 52.2. The van der Waals surface area contributed by atoms with E-state index < -0.39 is 91.3 Å². The molecule has 16 nitrogen and oxygen atoms in total. The number of esters is 2. The first kappa shape index (κ1) is 42.5. The van der Waals surface area contributed by atoms with Crippen LogP contribution in [0.4, 0.5) is 0 Å². The number of carbonyl (C=O) groups is 5. The van der Waals surface area contributed by atoms with Crippen molar-refractivity contribution in [3.63, 3.8) is 0 Å². The predicted octanol–water partition coefficient (Wildman–Crippen LogP) is -5.47. The van der Waals surface area contributed by atoms with Crippen molar-refractivity contribution in [2.45, 2.75) is 50.1 Å². The van der Waals surface area contributed by atoms with E-state index in [0.717, 1.165) is 12.1 Å². The third kappa shape index (κ3) is 10.4. The molecule has 3 aromatic carbocycles. The molecule has 0 saturated heterocycles. The number of hydrogen-bond donors (Lipinski definition) is 3. The maximum Gasteiger partial charge on any atom is 1.00 e. The Morgan fingerprint density at radius 3 is 2.02 bits per heavy atom. The number of aromatic hydroxyl groups is 3. The van der Waals surface area contributed by atoms with Gasteiger partial charge in [0.2, 0.25) is 11.9 Å². The summed E-state index contributed by atoms with van der Waals surface area (Å²) in [6.45, 7) is -0.380. The number of rotatable bonds is 12. The fraction of sp³-hybridized carbons (Fsp3) is 0.303. The van der Waals surface area contributed by atoms with Crippen LogP contribution in [0.15, 0.2) is 48.5 Å². The van der Waals surface area contributed by atoms with Gasteiger partial charge in [0.05, 0.1) is 20.0 Å². The number of ether oxygens (including phenoxy) is 6. The Morgan fingerprint density at radius 2 is 1.35 bits per heavy atom. The van der Waals surface area contributed by atoms with Gasteiger partial charge in [-0.05, 0) is 37.1 Å². The molecular weight excluding hydrogens is 731 g/mol. The summed E-state index contributed by atoms with van der Waals surface area (Å²) in [5.41, 5.74) is 0.226. The summed E-state index contributed by atoms with van der Waals surface area (Å²) in [7, 11) is 1.33. The number of phenolic OH excluding ortho intramolecular Hbond substituents is 3. The van der Waals surface area contributed by atoms with Crippen LogP contribution >= 0.6 is 0 Å². The third-order valence-electron chi connectivity index (χ3n) is 7.53. The molecule has 0 saturated carbocycles. The van der Waals surface area contributed by atoms with Crippen LogP contribution in [0.1, 0.15) is 59.4 Å². The minimum absolute atomic E-state index is 0. The minimum atomic E-state index is -1.72. The zero-order chi connectivity index (χ0) is 35.4. The molecule has 0 radical (unpaired) electrons. The van der Waals surface area contributed by atoms with E-state index >= 15 is 0 Å². The number of carbonyl (C=O) groups excluding carboxylic acids is 5. The van der Waals surface area contributed by atoms with E-state index in [2.05, 4.69) is 0 Å². The summed E-state index contributed by atoms with van der Waals surface area (Å²) in [5.74, 6) is -6.88. The van der Waals surface area contributed by atoms with Crippen molar-refractivity contribution in [3.05, 3.63) is 65.2 Å². The van der Waals surface area contributed by atoms with Crippen LogP contribution in [0, 0.1) is 0 Å². The van der Waals surface area contributed by atoms with Crippen LogP contribution in [0.25, 0.3) is 0 Å². The predicted molar refractivity (Wildman–Crippen MR) is 156 cm³/mol. The number of Topliss-reactive ketones (excluding diaryl/α,β-unsaturated/α-hetero) is 1. The van der Waals surface area contributed by atoms with E-state index in [1.165, 1.54) is 43.5 Å². The van der Waals surface area contributed by atoms with Crippen LogP contribution in [0.2, 0.25) is 0 Å². The van der Waals surface area contributed by atoms with Crippen molar-refractivity contribution in [1.82, 2.24) is 0 Å². The fourth-order valence-corrected chi connectivity index (χ4v) is 5.22. The summed E-state index contributed by atoms with van der Waals surface area (Å²) < 4.78 is 34.2. The van der Waals surface area contributed by atoms with Gasteiger partial charge in [-0.3, -0.25) is 14.4 Å². The third-order valence-corrected chi connectivity index (χ3v) is 7.53. The van der Waals surface area contributed by atoms with E-state index in [9.17, 15) is 49.5 Å². The number of aliphatic carboxylic acids is 2. The molecule has 258 valence electrons. The molecule has 0 aliphatic carbocycles. The number of methoxy groups -OCH3 is 1. The van der Waals surface area contributed by atoms with Gasteiger partial charge in [-0.25, -0.2) is 0 Å². The van der Waals surface area contributed by atoms with E-state index in [0.29, 0.717) is 5.56 Å². The topological polar surface area (TPSA) is 248 Å². The molecule has 2 aliphatic rings. The van der Waals surface area contributed by atoms with Gasteiger partial charge in [0.1, 0.15) is 29.4 Å². The first-order valence-corrected chi connectivity index (χ1v) is 14.7. The number of carboxylic acid groups (broad SMARTS) is 2. The van der Waals surface area contributed by atoms with Crippen molar-refractivity contribution in [2.75, 3.05) is 13.7 Å². The van der Waals surface area contributed by atoms with Crippen molar-refractivity contribution in [1.29, 1.82) is 0 Å². The Bertz CT molecular complexity index is 1810. The van der Waals surface area contributed by atoms with Gasteiger partial charge in [0.15, 0.2) is 41.3 Å². The molecule has 0 aromatic heterocycles. The van der Waals surface area contributed by atoms with Gasteiger partial charge in [-0.2, -0.15) is 0 Å². The summed E-state index contributed by atoms with van der Waals surface area (Å²) in [6, 6.07) is 10.6. The van der Waals surface area contributed by atoms with Crippen LogP contribution < -0.4 is 132 Å². The molecule has 3 N–H and O–H groups in total. The Hall–Kier alpha value is -2.92. The maximum absolute atomic E-state index is 13.6. The average molecular weight is 759 g/mol. The number of hydrogen-bond acceptors (Lipinski definition) is 16. The Morgan fingerprint density at radius 1 is 0.725 bits per heavy atom. The van der Waals surface area contributed by atoms with Gasteiger partial charge >= 0.3 is 115 Å². The van der Waals surface area contributed by atoms with Crippen LogP contribution in [-0.4, -0.2) is 70.9 Å². The second kappa shape index (κ2) is 18.7. The van der Waals surface area contributed by atoms with Crippen LogP contribution in [0.3, 0.4) is 0 Å². The van der Waals surface area contributed by atoms with E-state index in [1.807, 2.05) is 0 Å². The van der Waals surface area contributed by atoms with Crippen molar-refractivity contribution >= 4 is 29.7 Å². The first-order valence-electron chi connectivity index (χ1n) is 14.7. The normalized spacial score (nSPS) is 18.4. The molecule has 3 aromatic rings. The van der Waals surface area contributed by atoms with Gasteiger partial charge in [0, 0.05) is 35.2 Å².